The maximum Gasteiger partial charge on any atom is 0.116 e. The van der Waals surface area contributed by atoms with Gasteiger partial charge in [0, 0.05) is 12.8 Å². The zero-order valence-corrected chi connectivity index (χ0v) is 7.37. The van der Waals surface area contributed by atoms with Crippen molar-refractivity contribution < 1.29 is 4.74 Å². The van der Waals surface area contributed by atoms with Gasteiger partial charge in [0.2, 0.25) is 0 Å². The molecular weight excluding hydrogens is 152 g/mol. The summed E-state index contributed by atoms with van der Waals surface area (Å²) in [5.41, 5.74) is 1.95. The topological polar surface area (TPSA) is 35.0 Å². The third-order valence-electron chi connectivity index (χ3n) is 2.37. The molecule has 12 heavy (non-hydrogen) atoms. The minimum absolute atomic E-state index is 0.0757. The summed E-state index contributed by atoms with van der Waals surface area (Å²) in [7, 11) is 1.74. The van der Waals surface area contributed by atoms with E-state index in [4.69, 9.17) is 4.74 Å². The van der Waals surface area contributed by atoms with Crippen LogP contribution in [0.1, 0.15) is 24.2 Å². The summed E-state index contributed by atoms with van der Waals surface area (Å²) < 4.78 is 5.40. The van der Waals surface area contributed by atoms with Gasteiger partial charge >= 0.3 is 0 Å². The second kappa shape index (κ2) is 2.52. The van der Waals surface area contributed by atoms with E-state index in [2.05, 4.69) is 9.97 Å². The molecular formula is C9H12N2O. The molecule has 1 aliphatic carbocycles. The fourth-order valence-electron chi connectivity index (χ4n) is 1.38. The first-order chi connectivity index (χ1) is 5.77. The lowest BCUT2D eigenvalue weighted by Gasteiger charge is -2.11. The minimum Gasteiger partial charge on any atom is -0.372 e. The molecule has 1 heterocycles. The van der Waals surface area contributed by atoms with Crippen molar-refractivity contribution in [1.82, 2.24) is 9.97 Å². The molecule has 0 aromatic carbocycles. The Labute approximate surface area is 71.8 Å². The van der Waals surface area contributed by atoms with Crippen LogP contribution >= 0.6 is 0 Å². The van der Waals surface area contributed by atoms with Crippen molar-refractivity contribution in [2.24, 2.45) is 0 Å². The predicted octanol–water partition coefficient (Wildman–Crippen LogP) is 1.42. The molecule has 1 saturated carbocycles. The quantitative estimate of drug-likeness (QED) is 0.663. The van der Waals surface area contributed by atoms with Crippen LogP contribution in [0.4, 0.5) is 0 Å². The van der Waals surface area contributed by atoms with E-state index in [1.807, 2.05) is 13.0 Å². The lowest BCUT2D eigenvalue weighted by atomic mass is 10.2. The summed E-state index contributed by atoms with van der Waals surface area (Å²) in [6.45, 7) is 1.97. The summed E-state index contributed by atoms with van der Waals surface area (Å²) in [6.07, 6.45) is 3.77. The van der Waals surface area contributed by atoms with E-state index in [-0.39, 0.29) is 5.60 Å². The first-order valence-electron chi connectivity index (χ1n) is 4.11. The van der Waals surface area contributed by atoms with Gasteiger partial charge in [-0.05, 0) is 25.8 Å². The smallest absolute Gasteiger partial charge is 0.116 e. The summed E-state index contributed by atoms with van der Waals surface area (Å²) in [4.78, 5) is 8.26. The third kappa shape index (κ3) is 1.10. The molecule has 0 radical (unpaired) electrons. The van der Waals surface area contributed by atoms with Crippen molar-refractivity contribution in [3.63, 3.8) is 0 Å². The van der Waals surface area contributed by atoms with Gasteiger partial charge in [0.1, 0.15) is 11.9 Å². The average Bonchev–Trinajstić information content (AvgIpc) is 2.84. The highest BCUT2D eigenvalue weighted by atomic mass is 16.5. The van der Waals surface area contributed by atoms with Crippen LogP contribution in [0, 0.1) is 6.92 Å². The van der Waals surface area contributed by atoms with Crippen LogP contribution in [0.3, 0.4) is 0 Å². The van der Waals surface area contributed by atoms with E-state index in [0.717, 1.165) is 24.2 Å². The molecule has 0 unspecified atom stereocenters. The second-order valence-corrected chi connectivity index (χ2v) is 3.24. The Morgan fingerprint density at radius 2 is 2.17 bits per heavy atom. The lowest BCUT2D eigenvalue weighted by Crippen LogP contribution is -2.11. The van der Waals surface area contributed by atoms with E-state index < -0.39 is 0 Å². The number of aromatic nitrogens is 2. The number of nitrogens with zero attached hydrogens (tertiary/aromatic N) is 2. The summed E-state index contributed by atoms with van der Waals surface area (Å²) in [5.74, 6) is 0. The largest absolute Gasteiger partial charge is 0.372 e. The normalized spacial score (nSPS) is 19.2. The third-order valence-corrected chi connectivity index (χ3v) is 2.37. The summed E-state index contributed by atoms with van der Waals surface area (Å²) in [6, 6.07) is 2.00. The number of methoxy groups -OCH3 is 1. The average molecular weight is 164 g/mol. The molecule has 64 valence electrons. The van der Waals surface area contributed by atoms with Gasteiger partial charge in [-0.3, -0.25) is 0 Å². The zero-order valence-electron chi connectivity index (χ0n) is 7.37. The molecule has 2 rings (SSSR count). The number of hydrogen-bond donors (Lipinski definition) is 0. The first-order valence-corrected chi connectivity index (χ1v) is 4.11. The summed E-state index contributed by atoms with van der Waals surface area (Å²) >= 11 is 0. The number of rotatable bonds is 2. The van der Waals surface area contributed by atoms with Gasteiger partial charge in [-0.15, -0.1) is 0 Å². The second-order valence-electron chi connectivity index (χ2n) is 3.24. The Morgan fingerprint density at radius 1 is 1.42 bits per heavy atom. The molecule has 3 heteroatoms. The van der Waals surface area contributed by atoms with Crippen molar-refractivity contribution in [2.45, 2.75) is 25.4 Å². The van der Waals surface area contributed by atoms with Gasteiger partial charge < -0.3 is 4.74 Å². The molecule has 0 amide bonds. The lowest BCUT2D eigenvalue weighted by molar-refractivity contribution is 0.0750. The van der Waals surface area contributed by atoms with E-state index in [1.165, 1.54) is 0 Å². The SMILES string of the molecule is COC1(c2cc(C)ncn2)CC1. The van der Waals surface area contributed by atoms with Crippen LogP contribution in [0.15, 0.2) is 12.4 Å². The Kier molecular flexibility index (Phi) is 1.61. The van der Waals surface area contributed by atoms with Crippen molar-refractivity contribution in [3.05, 3.63) is 23.8 Å². The van der Waals surface area contributed by atoms with E-state index >= 15 is 0 Å². The number of aryl methyl sites for hydroxylation is 1. The highest BCUT2D eigenvalue weighted by Crippen LogP contribution is 2.47. The molecule has 1 fully saturated rings. The van der Waals surface area contributed by atoms with Gasteiger partial charge in [0.05, 0.1) is 5.69 Å². The molecule has 1 aliphatic rings. The maximum absolute atomic E-state index is 5.40. The Hall–Kier alpha value is -0.960. The molecule has 0 atom stereocenters. The van der Waals surface area contributed by atoms with E-state index in [0.29, 0.717) is 0 Å². The van der Waals surface area contributed by atoms with Crippen LogP contribution in [-0.4, -0.2) is 17.1 Å². The molecule has 0 spiro atoms. The van der Waals surface area contributed by atoms with Crippen molar-refractivity contribution in [2.75, 3.05) is 7.11 Å². The Morgan fingerprint density at radius 3 is 2.67 bits per heavy atom. The van der Waals surface area contributed by atoms with Crippen molar-refractivity contribution in [3.8, 4) is 0 Å². The molecule has 0 saturated heterocycles. The van der Waals surface area contributed by atoms with Crippen LogP contribution in [0.2, 0.25) is 0 Å². The van der Waals surface area contributed by atoms with Crippen LogP contribution in [-0.2, 0) is 10.3 Å². The monoisotopic (exact) mass is 164 g/mol. The van der Waals surface area contributed by atoms with Crippen molar-refractivity contribution in [1.29, 1.82) is 0 Å². The highest BCUT2D eigenvalue weighted by molar-refractivity contribution is 5.21. The maximum atomic E-state index is 5.40. The van der Waals surface area contributed by atoms with Gasteiger partial charge in [-0.25, -0.2) is 9.97 Å². The fourth-order valence-corrected chi connectivity index (χ4v) is 1.38. The first kappa shape index (κ1) is 7.68. The fraction of sp³-hybridized carbons (Fsp3) is 0.556. The van der Waals surface area contributed by atoms with Gasteiger partial charge in [0.25, 0.3) is 0 Å². The molecule has 0 N–H and O–H groups in total. The van der Waals surface area contributed by atoms with Crippen LogP contribution in [0.25, 0.3) is 0 Å². The van der Waals surface area contributed by atoms with Crippen molar-refractivity contribution >= 4 is 0 Å². The highest BCUT2D eigenvalue weighted by Gasteiger charge is 2.46. The Balaban J connectivity index is 2.34. The van der Waals surface area contributed by atoms with Crippen LogP contribution in [0.5, 0.6) is 0 Å². The molecule has 0 aliphatic heterocycles. The van der Waals surface area contributed by atoms with Gasteiger partial charge in [0.15, 0.2) is 0 Å². The number of hydrogen-bond acceptors (Lipinski definition) is 3. The molecule has 1 aromatic heterocycles. The van der Waals surface area contributed by atoms with Crippen LogP contribution < -0.4 is 0 Å². The zero-order chi connectivity index (χ0) is 8.60. The van der Waals surface area contributed by atoms with Gasteiger partial charge in [-0.2, -0.15) is 0 Å². The minimum atomic E-state index is -0.0757. The standard InChI is InChI=1S/C9H12N2O/c1-7-5-8(11-6-10-7)9(12-2)3-4-9/h5-6H,3-4H2,1-2H3. The van der Waals surface area contributed by atoms with Gasteiger partial charge in [-0.1, -0.05) is 0 Å². The van der Waals surface area contributed by atoms with E-state index in [9.17, 15) is 0 Å². The molecule has 1 aromatic rings. The summed E-state index contributed by atoms with van der Waals surface area (Å²) in [5, 5.41) is 0. The Bertz CT molecular complexity index is 294. The predicted molar refractivity (Wildman–Crippen MR) is 44.7 cm³/mol. The molecule has 3 nitrogen and oxygen atoms in total. The molecule has 0 bridgehead atoms. The van der Waals surface area contributed by atoms with E-state index in [1.54, 1.807) is 13.4 Å². The number of ether oxygens (including phenoxy) is 1.